The van der Waals surface area contributed by atoms with Gasteiger partial charge in [-0.05, 0) is 70.2 Å². The Kier molecular flexibility index (Phi) is 6.81. The third kappa shape index (κ3) is 5.15. The van der Waals surface area contributed by atoms with Crippen molar-refractivity contribution in [1.82, 2.24) is 19.5 Å². The van der Waals surface area contributed by atoms with Gasteiger partial charge >= 0.3 is 0 Å². The minimum Gasteiger partial charge on any atom is -0.472 e. The molecule has 0 atom stereocenters. The van der Waals surface area contributed by atoms with Crippen LogP contribution in [0.15, 0.2) is 40.6 Å². The number of rotatable bonds is 6. The van der Waals surface area contributed by atoms with Crippen molar-refractivity contribution in [2.45, 2.75) is 53.8 Å². The maximum Gasteiger partial charge on any atom is 0.280 e. The van der Waals surface area contributed by atoms with Crippen molar-refractivity contribution < 1.29 is 9.84 Å². The number of aliphatic hydroxyl groups is 1. The van der Waals surface area contributed by atoms with Crippen molar-refractivity contribution >= 4 is 22.9 Å². The summed E-state index contributed by atoms with van der Waals surface area (Å²) in [5.74, 6) is 0.887. The lowest BCUT2D eigenvalue weighted by Crippen LogP contribution is -2.24. The van der Waals surface area contributed by atoms with E-state index in [2.05, 4.69) is 15.0 Å². The van der Waals surface area contributed by atoms with E-state index >= 15 is 0 Å². The fourth-order valence-electron chi connectivity index (χ4n) is 3.71. The lowest BCUT2D eigenvalue weighted by atomic mass is 10.0. The van der Waals surface area contributed by atoms with Gasteiger partial charge in [0, 0.05) is 22.2 Å². The Bertz CT molecular complexity index is 1470. The van der Waals surface area contributed by atoms with Crippen LogP contribution in [0.5, 0.6) is 5.88 Å². The quantitative estimate of drug-likeness (QED) is 0.371. The molecule has 1 N–H and O–H groups in total. The first-order valence-electron chi connectivity index (χ1n) is 11.1. The first kappa shape index (κ1) is 25.0. The molecule has 0 spiro atoms. The van der Waals surface area contributed by atoms with Crippen LogP contribution in [-0.2, 0) is 12.2 Å². The molecule has 7 nitrogen and oxygen atoms in total. The van der Waals surface area contributed by atoms with E-state index < -0.39 is 11.2 Å². The Labute approximate surface area is 213 Å². The zero-order chi connectivity index (χ0) is 25.5. The van der Waals surface area contributed by atoms with Crippen LogP contribution >= 0.6 is 22.9 Å². The number of aryl methyl sites for hydroxylation is 4. The van der Waals surface area contributed by atoms with Crippen LogP contribution in [0.2, 0.25) is 5.02 Å². The van der Waals surface area contributed by atoms with Gasteiger partial charge in [-0.25, -0.2) is 9.97 Å². The minimum atomic E-state index is -1.18. The van der Waals surface area contributed by atoms with Crippen LogP contribution in [0.25, 0.3) is 16.9 Å². The summed E-state index contributed by atoms with van der Waals surface area (Å²) in [6.45, 7) is 11.1. The molecular weight excluding hydrogens is 484 g/mol. The normalized spacial score (nSPS) is 11.7. The average Bonchev–Trinajstić information content (AvgIpc) is 3.21. The van der Waals surface area contributed by atoms with Gasteiger partial charge in [0.25, 0.3) is 5.56 Å². The number of benzene rings is 1. The van der Waals surface area contributed by atoms with Gasteiger partial charge in [0.2, 0.25) is 5.88 Å². The molecule has 182 valence electrons. The molecule has 0 saturated carbocycles. The van der Waals surface area contributed by atoms with E-state index in [1.165, 1.54) is 9.44 Å². The third-order valence-corrected chi connectivity index (χ3v) is 6.80. The molecule has 3 aromatic heterocycles. The van der Waals surface area contributed by atoms with E-state index in [0.717, 1.165) is 22.3 Å². The Balaban J connectivity index is 1.76. The average molecular weight is 511 g/mol. The van der Waals surface area contributed by atoms with Crippen LogP contribution in [-0.4, -0.2) is 24.6 Å². The van der Waals surface area contributed by atoms with Gasteiger partial charge in [-0.15, -0.1) is 11.3 Å². The molecule has 0 aliphatic heterocycles. The number of halogens is 1. The molecule has 4 rings (SSSR count). The van der Waals surface area contributed by atoms with E-state index in [9.17, 15) is 9.90 Å². The van der Waals surface area contributed by atoms with Crippen LogP contribution in [0.3, 0.4) is 0 Å². The maximum absolute atomic E-state index is 13.3. The number of hydrogen-bond acceptors (Lipinski definition) is 7. The fourth-order valence-corrected chi connectivity index (χ4v) is 4.59. The van der Waals surface area contributed by atoms with Crippen molar-refractivity contribution in [1.29, 1.82) is 0 Å². The van der Waals surface area contributed by atoms with Gasteiger partial charge in [-0.2, -0.15) is 4.98 Å². The molecule has 1 aromatic carbocycles. The van der Waals surface area contributed by atoms with Crippen molar-refractivity contribution in [2.24, 2.45) is 0 Å². The third-order valence-electron chi connectivity index (χ3n) is 5.57. The standard InChI is InChI=1S/C26H27ClN4O3S/c1-14-7-8-19(22-15(2)11-28-25(30-22)26(5,6)33)10-20(14)31-17(4)29-23(21(27)24(31)32)34-12-18-9-16(3)35-13-18/h7-11,13,33H,12H2,1-6H3. The van der Waals surface area contributed by atoms with Gasteiger partial charge in [0.1, 0.15) is 18.0 Å². The molecule has 4 aromatic rings. The number of hydrogen-bond donors (Lipinski definition) is 1. The lowest BCUT2D eigenvalue weighted by molar-refractivity contribution is 0.0688. The SMILES string of the molecule is Cc1cc(COc2nc(C)n(-c3cc(-c4nc(C(C)(C)O)ncc4C)ccc3C)c(=O)c2Cl)cs1. The van der Waals surface area contributed by atoms with Crippen LogP contribution in [0.4, 0.5) is 0 Å². The highest BCUT2D eigenvalue weighted by atomic mass is 35.5. The van der Waals surface area contributed by atoms with Gasteiger partial charge in [-0.3, -0.25) is 9.36 Å². The van der Waals surface area contributed by atoms with Crippen LogP contribution in [0.1, 0.15) is 47.1 Å². The highest BCUT2D eigenvalue weighted by Crippen LogP contribution is 2.29. The number of thiophene rings is 1. The zero-order valence-electron chi connectivity index (χ0n) is 20.5. The molecule has 0 aliphatic carbocycles. The highest BCUT2D eigenvalue weighted by Gasteiger charge is 2.22. The molecular formula is C26H27ClN4O3S. The first-order valence-corrected chi connectivity index (χ1v) is 12.4. The minimum absolute atomic E-state index is 0.0742. The molecule has 0 unspecified atom stereocenters. The summed E-state index contributed by atoms with van der Waals surface area (Å²) in [6.07, 6.45) is 1.69. The number of ether oxygens (including phenoxy) is 1. The molecule has 9 heteroatoms. The molecule has 35 heavy (non-hydrogen) atoms. The second kappa shape index (κ2) is 9.53. The maximum atomic E-state index is 13.3. The monoisotopic (exact) mass is 510 g/mol. The smallest absolute Gasteiger partial charge is 0.280 e. The molecule has 0 fully saturated rings. The van der Waals surface area contributed by atoms with E-state index in [4.69, 9.17) is 16.3 Å². The second-order valence-corrected chi connectivity index (χ2v) is 10.6. The molecule has 0 bridgehead atoms. The summed E-state index contributed by atoms with van der Waals surface area (Å²) in [4.78, 5) is 27.9. The zero-order valence-corrected chi connectivity index (χ0v) is 22.1. The molecule has 0 amide bonds. The predicted octanol–water partition coefficient (Wildman–Crippen LogP) is 5.44. The second-order valence-electron chi connectivity index (χ2n) is 9.06. The van der Waals surface area contributed by atoms with Gasteiger partial charge in [0.05, 0.1) is 11.4 Å². The fraction of sp³-hybridized carbons (Fsp3) is 0.308. The summed E-state index contributed by atoms with van der Waals surface area (Å²) in [5.41, 5.74) is 3.23. The highest BCUT2D eigenvalue weighted by molar-refractivity contribution is 7.10. The first-order chi connectivity index (χ1) is 16.5. The van der Waals surface area contributed by atoms with Crippen molar-refractivity contribution in [3.8, 4) is 22.8 Å². The van der Waals surface area contributed by atoms with Crippen molar-refractivity contribution in [2.75, 3.05) is 0 Å². The molecule has 3 heterocycles. The Morgan fingerprint density at radius 2 is 1.86 bits per heavy atom. The summed E-state index contributed by atoms with van der Waals surface area (Å²) in [5, 5.41) is 12.3. The molecule has 0 aliphatic rings. The van der Waals surface area contributed by atoms with Gasteiger partial charge in [-0.1, -0.05) is 23.7 Å². The van der Waals surface area contributed by atoms with Crippen LogP contribution in [0, 0.1) is 27.7 Å². The number of aromatic nitrogens is 4. The largest absolute Gasteiger partial charge is 0.472 e. The summed E-state index contributed by atoms with van der Waals surface area (Å²) in [6, 6.07) is 7.75. The van der Waals surface area contributed by atoms with Gasteiger partial charge < -0.3 is 9.84 Å². The Hall–Kier alpha value is -3.07. The summed E-state index contributed by atoms with van der Waals surface area (Å²) < 4.78 is 7.26. The van der Waals surface area contributed by atoms with Gasteiger partial charge in [0.15, 0.2) is 10.8 Å². The van der Waals surface area contributed by atoms with E-state index in [1.54, 1.807) is 38.3 Å². The van der Waals surface area contributed by atoms with Crippen molar-refractivity contribution in [3.63, 3.8) is 0 Å². The van der Waals surface area contributed by atoms with Crippen molar-refractivity contribution in [3.05, 3.63) is 84.4 Å². The lowest BCUT2D eigenvalue weighted by Gasteiger charge is -2.18. The Morgan fingerprint density at radius 3 is 2.51 bits per heavy atom. The molecule has 0 radical (unpaired) electrons. The van der Waals surface area contributed by atoms with Crippen LogP contribution < -0.4 is 10.3 Å². The summed E-state index contributed by atoms with van der Waals surface area (Å²) >= 11 is 8.06. The number of nitrogens with zero attached hydrogens (tertiary/aromatic N) is 4. The Morgan fingerprint density at radius 1 is 1.11 bits per heavy atom. The molecule has 0 saturated heterocycles. The van der Waals surface area contributed by atoms with E-state index in [-0.39, 0.29) is 17.5 Å². The topological polar surface area (TPSA) is 90.1 Å². The van der Waals surface area contributed by atoms with E-state index in [0.29, 0.717) is 23.0 Å². The van der Waals surface area contributed by atoms with E-state index in [1.807, 2.05) is 50.4 Å². The summed E-state index contributed by atoms with van der Waals surface area (Å²) in [7, 11) is 0. The predicted molar refractivity (Wildman–Crippen MR) is 139 cm³/mol.